The van der Waals surface area contributed by atoms with Crippen LogP contribution in [0.25, 0.3) is 0 Å². The summed E-state index contributed by atoms with van der Waals surface area (Å²) in [6.07, 6.45) is 0.496. The summed E-state index contributed by atoms with van der Waals surface area (Å²) in [4.78, 5) is 37.4. The summed E-state index contributed by atoms with van der Waals surface area (Å²) in [6.45, 7) is 1.93. The number of Topliss-reactive ketones (excluding diaryl/α,β-unsaturated/α-hetero) is 3. The molecule has 3 nitrogen and oxygen atoms in total. The van der Waals surface area contributed by atoms with Crippen molar-refractivity contribution in [2.75, 3.05) is 0 Å². The molecule has 0 spiro atoms. The van der Waals surface area contributed by atoms with Gasteiger partial charge < -0.3 is 0 Å². The SMILES string of the molecule is Cc1ccc(C(=O)C2C(=O)CC(c3ccccc3)CC2=O)cc1. The highest BCUT2D eigenvalue weighted by molar-refractivity contribution is 6.25. The van der Waals surface area contributed by atoms with Crippen molar-refractivity contribution < 1.29 is 14.4 Å². The lowest BCUT2D eigenvalue weighted by atomic mass is 9.74. The van der Waals surface area contributed by atoms with Crippen LogP contribution in [0, 0.1) is 12.8 Å². The number of benzene rings is 2. The first-order chi connectivity index (χ1) is 11.1. The van der Waals surface area contributed by atoms with Crippen molar-refractivity contribution in [1.82, 2.24) is 0 Å². The van der Waals surface area contributed by atoms with Gasteiger partial charge in [0.25, 0.3) is 0 Å². The maximum atomic E-state index is 12.5. The van der Waals surface area contributed by atoms with Crippen LogP contribution in [0.1, 0.15) is 40.2 Å². The minimum atomic E-state index is -1.13. The average Bonchev–Trinajstić information content (AvgIpc) is 2.55. The number of ketones is 3. The van der Waals surface area contributed by atoms with Crippen LogP contribution in [0.2, 0.25) is 0 Å². The van der Waals surface area contributed by atoms with Crippen molar-refractivity contribution in [2.24, 2.45) is 5.92 Å². The summed E-state index contributed by atoms with van der Waals surface area (Å²) in [5.41, 5.74) is 2.45. The van der Waals surface area contributed by atoms with Crippen molar-refractivity contribution >= 4 is 17.3 Å². The Bertz CT molecular complexity index is 726. The molecule has 0 unspecified atom stereocenters. The predicted octanol–water partition coefficient (Wildman–Crippen LogP) is 3.51. The highest BCUT2D eigenvalue weighted by Crippen LogP contribution is 2.33. The Kier molecular flexibility index (Phi) is 4.20. The second kappa shape index (κ2) is 6.29. The first-order valence-electron chi connectivity index (χ1n) is 7.77. The fourth-order valence-corrected chi connectivity index (χ4v) is 3.11. The van der Waals surface area contributed by atoms with Gasteiger partial charge in [0.2, 0.25) is 0 Å². The molecule has 0 amide bonds. The zero-order valence-electron chi connectivity index (χ0n) is 13.0. The van der Waals surface area contributed by atoms with E-state index in [0.717, 1.165) is 11.1 Å². The van der Waals surface area contributed by atoms with Crippen LogP contribution in [0.4, 0.5) is 0 Å². The fraction of sp³-hybridized carbons (Fsp3) is 0.250. The van der Waals surface area contributed by atoms with E-state index < -0.39 is 5.92 Å². The normalized spacial score (nSPS) is 21.3. The molecular formula is C20H18O3. The first kappa shape index (κ1) is 15.3. The van der Waals surface area contributed by atoms with Gasteiger partial charge in [-0.15, -0.1) is 0 Å². The molecular weight excluding hydrogens is 288 g/mol. The number of hydrogen-bond donors (Lipinski definition) is 0. The first-order valence-corrected chi connectivity index (χ1v) is 7.77. The van der Waals surface area contributed by atoms with Gasteiger partial charge in [-0.3, -0.25) is 14.4 Å². The molecule has 0 saturated heterocycles. The van der Waals surface area contributed by atoms with E-state index in [1.807, 2.05) is 49.4 Å². The van der Waals surface area contributed by atoms with Crippen LogP contribution in [-0.2, 0) is 9.59 Å². The molecule has 0 aromatic heterocycles. The lowest BCUT2D eigenvalue weighted by Crippen LogP contribution is -2.38. The van der Waals surface area contributed by atoms with E-state index in [9.17, 15) is 14.4 Å². The summed E-state index contributed by atoms with van der Waals surface area (Å²) in [5.74, 6) is -2.14. The van der Waals surface area contributed by atoms with Gasteiger partial charge in [0.1, 0.15) is 5.92 Å². The van der Waals surface area contributed by atoms with E-state index in [-0.39, 0.29) is 36.1 Å². The molecule has 3 heteroatoms. The molecule has 3 rings (SSSR count). The highest BCUT2D eigenvalue weighted by Gasteiger charge is 2.40. The van der Waals surface area contributed by atoms with Gasteiger partial charge in [-0.2, -0.15) is 0 Å². The minimum absolute atomic E-state index is 0.113. The number of aryl methyl sites for hydroxylation is 1. The quantitative estimate of drug-likeness (QED) is 0.644. The number of carbonyl (C=O) groups excluding carboxylic acids is 3. The molecule has 1 aliphatic rings. The Labute approximate surface area is 135 Å². The lowest BCUT2D eigenvalue weighted by Gasteiger charge is -2.26. The van der Waals surface area contributed by atoms with Crippen molar-refractivity contribution in [1.29, 1.82) is 0 Å². The van der Waals surface area contributed by atoms with Gasteiger partial charge >= 0.3 is 0 Å². The zero-order chi connectivity index (χ0) is 16.4. The van der Waals surface area contributed by atoms with E-state index in [4.69, 9.17) is 0 Å². The topological polar surface area (TPSA) is 51.2 Å². The molecule has 0 radical (unpaired) electrons. The van der Waals surface area contributed by atoms with Gasteiger partial charge in [0.15, 0.2) is 17.3 Å². The largest absolute Gasteiger partial charge is 0.298 e. The second-order valence-corrected chi connectivity index (χ2v) is 6.11. The van der Waals surface area contributed by atoms with E-state index in [2.05, 4.69) is 0 Å². The Hall–Kier alpha value is -2.55. The van der Waals surface area contributed by atoms with E-state index in [1.54, 1.807) is 12.1 Å². The Morgan fingerprint density at radius 2 is 1.43 bits per heavy atom. The molecule has 1 saturated carbocycles. The molecule has 0 atom stereocenters. The maximum Gasteiger partial charge on any atom is 0.180 e. The fourth-order valence-electron chi connectivity index (χ4n) is 3.11. The Morgan fingerprint density at radius 1 is 0.870 bits per heavy atom. The van der Waals surface area contributed by atoms with Crippen LogP contribution < -0.4 is 0 Å². The summed E-state index contributed by atoms with van der Waals surface area (Å²) >= 11 is 0. The van der Waals surface area contributed by atoms with Crippen LogP contribution in [0.5, 0.6) is 0 Å². The van der Waals surface area contributed by atoms with Crippen LogP contribution in [0.3, 0.4) is 0 Å². The average molecular weight is 306 g/mol. The van der Waals surface area contributed by atoms with Crippen molar-refractivity contribution in [3.8, 4) is 0 Å². The number of rotatable bonds is 3. The van der Waals surface area contributed by atoms with E-state index in [1.165, 1.54) is 0 Å². The molecule has 2 aromatic carbocycles. The molecule has 23 heavy (non-hydrogen) atoms. The van der Waals surface area contributed by atoms with Gasteiger partial charge in [-0.05, 0) is 18.4 Å². The smallest absolute Gasteiger partial charge is 0.180 e. The minimum Gasteiger partial charge on any atom is -0.298 e. The molecule has 0 N–H and O–H groups in total. The second-order valence-electron chi connectivity index (χ2n) is 6.11. The summed E-state index contributed by atoms with van der Waals surface area (Å²) in [5, 5.41) is 0. The van der Waals surface area contributed by atoms with Crippen LogP contribution in [-0.4, -0.2) is 17.3 Å². The third-order valence-corrected chi connectivity index (χ3v) is 4.41. The van der Waals surface area contributed by atoms with Gasteiger partial charge in [-0.25, -0.2) is 0 Å². The standard InChI is InChI=1S/C20H18O3/c1-13-7-9-15(10-8-13)20(23)19-17(21)11-16(12-18(19)22)14-5-3-2-4-6-14/h2-10,16,19H,11-12H2,1H3. The molecule has 1 aliphatic carbocycles. The molecule has 0 bridgehead atoms. The van der Waals surface area contributed by atoms with Gasteiger partial charge in [-0.1, -0.05) is 60.2 Å². The molecule has 116 valence electrons. The maximum absolute atomic E-state index is 12.5. The molecule has 0 heterocycles. The highest BCUT2D eigenvalue weighted by atomic mass is 16.2. The summed E-state index contributed by atoms with van der Waals surface area (Å²) < 4.78 is 0. The third kappa shape index (κ3) is 3.14. The Balaban J connectivity index is 1.80. The molecule has 2 aromatic rings. The van der Waals surface area contributed by atoms with Gasteiger partial charge in [0, 0.05) is 18.4 Å². The van der Waals surface area contributed by atoms with Crippen molar-refractivity contribution in [3.05, 3.63) is 71.3 Å². The van der Waals surface area contributed by atoms with Gasteiger partial charge in [0.05, 0.1) is 0 Å². The van der Waals surface area contributed by atoms with E-state index in [0.29, 0.717) is 5.56 Å². The monoisotopic (exact) mass is 306 g/mol. The lowest BCUT2D eigenvalue weighted by molar-refractivity contribution is -0.133. The van der Waals surface area contributed by atoms with Crippen molar-refractivity contribution in [2.45, 2.75) is 25.7 Å². The van der Waals surface area contributed by atoms with E-state index >= 15 is 0 Å². The number of carbonyl (C=O) groups is 3. The van der Waals surface area contributed by atoms with Crippen molar-refractivity contribution in [3.63, 3.8) is 0 Å². The van der Waals surface area contributed by atoms with Crippen LogP contribution in [0.15, 0.2) is 54.6 Å². The number of hydrogen-bond acceptors (Lipinski definition) is 3. The summed E-state index contributed by atoms with van der Waals surface area (Å²) in [7, 11) is 0. The third-order valence-electron chi connectivity index (χ3n) is 4.41. The zero-order valence-corrected chi connectivity index (χ0v) is 13.0. The summed E-state index contributed by atoms with van der Waals surface area (Å²) in [6, 6.07) is 16.5. The molecule has 0 aliphatic heterocycles. The Morgan fingerprint density at radius 3 is 2.00 bits per heavy atom. The predicted molar refractivity (Wildman–Crippen MR) is 87.4 cm³/mol. The molecule has 1 fully saturated rings. The van der Waals surface area contributed by atoms with Crippen LogP contribution >= 0.6 is 0 Å².